The standard InChI is InChI=1S/C7H11NO2/c1-2-4-9-6-8-3-5-10-7-8/h1H,3-7H2. The molecule has 0 aromatic carbocycles. The Morgan fingerprint density at radius 2 is 2.60 bits per heavy atom. The lowest BCUT2D eigenvalue weighted by Crippen LogP contribution is -2.23. The molecule has 0 amide bonds. The normalized spacial score (nSPS) is 19.1. The Balaban J connectivity index is 1.97. The molecule has 1 heterocycles. The minimum Gasteiger partial charge on any atom is -0.365 e. The van der Waals surface area contributed by atoms with E-state index in [2.05, 4.69) is 10.8 Å². The van der Waals surface area contributed by atoms with E-state index in [1.54, 1.807) is 0 Å². The molecule has 1 aliphatic rings. The molecule has 3 heteroatoms. The smallest absolute Gasteiger partial charge is 0.109 e. The summed E-state index contributed by atoms with van der Waals surface area (Å²) in [5.41, 5.74) is 0. The topological polar surface area (TPSA) is 21.7 Å². The zero-order chi connectivity index (χ0) is 7.23. The van der Waals surface area contributed by atoms with Crippen LogP contribution in [0, 0.1) is 12.3 Å². The molecule has 1 saturated heterocycles. The summed E-state index contributed by atoms with van der Waals surface area (Å²) >= 11 is 0. The molecule has 0 saturated carbocycles. The number of terminal acetylenes is 1. The van der Waals surface area contributed by atoms with Crippen LogP contribution < -0.4 is 0 Å². The molecule has 0 aromatic rings. The molecular weight excluding hydrogens is 130 g/mol. The predicted molar refractivity (Wildman–Crippen MR) is 37.2 cm³/mol. The highest BCUT2D eigenvalue weighted by Gasteiger charge is 2.10. The summed E-state index contributed by atoms with van der Waals surface area (Å²) in [4.78, 5) is 2.05. The summed E-state index contributed by atoms with van der Waals surface area (Å²) in [6.07, 6.45) is 4.99. The highest BCUT2D eigenvalue weighted by molar-refractivity contribution is 4.82. The van der Waals surface area contributed by atoms with Crippen molar-refractivity contribution in [3.8, 4) is 12.3 Å². The third kappa shape index (κ3) is 2.36. The van der Waals surface area contributed by atoms with E-state index in [0.29, 0.717) is 20.1 Å². The van der Waals surface area contributed by atoms with Gasteiger partial charge in [-0.05, 0) is 0 Å². The molecule has 0 atom stereocenters. The Labute approximate surface area is 60.9 Å². The average Bonchev–Trinajstić information content (AvgIpc) is 2.41. The van der Waals surface area contributed by atoms with Gasteiger partial charge in [-0.15, -0.1) is 6.42 Å². The first-order valence-electron chi connectivity index (χ1n) is 3.25. The number of hydrogen-bond acceptors (Lipinski definition) is 3. The maximum atomic E-state index is 5.08. The van der Waals surface area contributed by atoms with Gasteiger partial charge in [-0.25, -0.2) is 0 Å². The SMILES string of the molecule is C#CCOCN1CCOC1. The first kappa shape index (κ1) is 7.55. The predicted octanol–water partition coefficient (Wildman–Crippen LogP) is -0.117. The van der Waals surface area contributed by atoms with E-state index in [9.17, 15) is 0 Å². The zero-order valence-electron chi connectivity index (χ0n) is 5.88. The molecular formula is C7H11NO2. The summed E-state index contributed by atoms with van der Waals surface area (Å²) in [6, 6.07) is 0. The van der Waals surface area contributed by atoms with Gasteiger partial charge in [0.25, 0.3) is 0 Å². The van der Waals surface area contributed by atoms with E-state index in [4.69, 9.17) is 15.9 Å². The lowest BCUT2D eigenvalue weighted by Gasteiger charge is -2.10. The highest BCUT2D eigenvalue weighted by Crippen LogP contribution is 1.97. The molecule has 0 spiro atoms. The van der Waals surface area contributed by atoms with Crippen LogP contribution in [-0.2, 0) is 9.47 Å². The molecule has 0 bridgehead atoms. The third-order valence-electron chi connectivity index (χ3n) is 1.28. The first-order chi connectivity index (χ1) is 4.93. The van der Waals surface area contributed by atoms with Crippen LogP contribution in [0.1, 0.15) is 0 Å². The van der Waals surface area contributed by atoms with Crippen LogP contribution in [-0.4, -0.2) is 38.1 Å². The molecule has 0 unspecified atom stereocenters. The Morgan fingerprint density at radius 1 is 1.70 bits per heavy atom. The summed E-state index contributed by atoms with van der Waals surface area (Å²) in [6.45, 7) is 3.40. The van der Waals surface area contributed by atoms with Gasteiger partial charge in [-0.2, -0.15) is 0 Å². The molecule has 10 heavy (non-hydrogen) atoms. The second kappa shape index (κ2) is 4.29. The fraction of sp³-hybridized carbons (Fsp3) is 0.714. The van der Waals surface area contributed by atoms with Crippen molar-refractivity contribution in [1.82, 2.24) is 4.90 Å². The largest absolute Gasteiger partial charge is 0.365 e. The van der Waals surface area contributed by atoms with Gasteiger partial charge in [0, 0.05) is 6.54 Å². The minimum absolute atomic E-state index is 0.385. The first-order valence-corrected chi connectivity index (χ1v) is 3.25. The van der Waals surface area contributed by atoms with Crippen molar-refractivity contribution in [2.24, 2.45) is 0 Å². The summed E-state index contributed by atoms with van der Waals surface area (Å²) < 4.78 is 10.2. The van der Waals surface area contributed by atoms with Crippen LogP contribution in [0.15, 0.2) is 0 Å². The lowest BCUT2D eigenvalue weighted by molar-refractivity contribution is 0.0309. The van der Waals surface area contributed by atoms with Gasteiger partial charge in [0.2, 0.25) is 0 Å². The fourth-order valence-electron chi connectivity index (χ4n) is 0.787. The van der Waals surface area contributed by atoms with E-state index in [1.165, 1.54) is 0 Å². The summed E-state index contributed by atoms with van der Waals surface area (Å²) in [7, 11) is 0. The van der Waals surface area contributed by atoms with Gasteiger partial charge in [0.05, 0.1) is 6.61 Å². The summed E-state index contributed by atoms with van der Waals surface area (Å²) in [5.74, 6) is 2.40. The second-order valence-electron chi connectivity index (χ2n) is 2.11. The molecule has 1 fully saturated rings. The Hall–Kier alpha value is -0.560. The Bertz CT molecular complexity index is 124. The maximum Gasteiger partial charge on any atom is 0.109 e. The lowest BCUT2D eigenvalue weighted by atomic mass is 10.7. The number of rotatable bonds is 3. The van der Waals surface area contributed by atoms with Crippen LogP contribution in [0.4, 0.5) is 0 Å². The van der Waals surface area contributed by atoms with Gasteiger partial charge >= 0.3 is 0 Å². The van der Waals surface area contributed by atoms with E-state index in [-0.39, 0.29) is 0 Å². The summed E-state index contributed by atoms with van der Waals surface area (Å²) in [5, 5.41) is 0. The number of ether oxygens (including phenoxy) is 2. The molecule has 3 nitrogen and oxygen atoms in total. The second-order valence-corrected chi connectivity index (χ2v) is 2.11. The molecule has 1 aliphatic heterocycles. The van der Waals surface area contributed by atoms with E-state index in [1.807, 2.05) is 0 Å². The van der Waals surface area contributed by atoms with Crippen LogP contribution in [0.5, 0.6) is 0 Å². The van der Waals surface area contributed by atoms with Crippen molar-refractivity contribution in [1.29, 1.82) is 0 Å². The van der Waals surface area contributed by atoms with Gasteiger partial charge in [0.1, 0.15) is 20.1 Å². The van der Waals surface area contributed by atoms with E-state index in [0.717, 1.165) is 13.2 Å². The van der Waals surface area contributed by atoms with Crippen molar-refractivity contribution in [3.63, 3.8) is 0 Å². The molecule has 0 N–H and O–H groups in total. The Kier molecular flexibility index (Phi) is 3.23. The van der Waals surface area contributed by atoms with Crippen molar-refractivity contribution in [3.05, 3.63) is 0 Å². The van der Waals surface area contributed by atoms with Gasteiger partial charge in [-0.1, -0.05) is 5.92 Å². The van der Waals surface area contributed by atoms with Gasteiger partial charge < -0.3 is 9.47 Å². The Morgan fingerprint density at radius 3 is 3.20 bits per heavy atom. The monoisotopic (exact) mass is 141 g/mol. The molecule has 0 radical (unpaired) electrons. The average molecular weight is 141 g/mol. The number of nitrogens with zero attached hydrogens (tertiary/aromatic N) is 1. The highest BCUT2D eigenvalue weighted by atomic mass is 16.5. The van der Waals surface area contributed by atoms with Gasteiger partial charge in [-0.3, -0.25) is 4.90 Å². The zero-order valence-corrected chi connectivity index (χ0v) is 5.88. The molecule has 0 aliphatic carbocycles. The van der Waals surface area contributed by atoms with Crippen molar-refractivity contribution in [2.45, 2.75) is 0 Å². The third-order valence-corrected chi connectivity index (χ3v) is 1.28. The van der Waals surface area contributed by atoms with Crippen LogP contribution >= 0.6 is 0 Å². The van der Waals surface area contributed by atoms with Crippen LogP contribution in [0.3, 0.4) is 0 Å². The molecule has 56 valence electrons. The molecule has 0 aromatic heterocycles. The fourth-order valence-corrected chi connectivity index (χ4v) is 0.787. The van der Waals surface area contributed by atoms with Crippen molar-refractivity contribution >= 4 is 0 Å². The van der Waals surface area contributed by atoms with Crippen LogP contribution in [0.25, 0.3) is 0 Å². The number of hydrogen-bond donors (Lipinski definition) is 0. The quantitative estimate of drug-likeness (QED) is 0.404. The van der Waals surface area contributed by atoms with Crippen LogP contribution in [0.2, 0.25) is 0 Å². The van der Waals surface area contributed by atoms with E-state index >= 15 is 0 Å². The minimum atomic E-state index is 0.385. The van der Waals surface area contributed by atoms with Gasteiger partial charge in [0.15, 0.2) is 0 Å². The molecule has 1 rings (SSSR count). The maximum absolute atomic E-state index is 5.08. The van der Waals surface area contributed by atoms with E-state index < -0.39 is 0 Å². The van der Waals surface area contributed by atoms with Crippen molar-refractivity contribution < 1.29 is 9.47 Å². The van der Waals surface area contributed by atoms with Crippen molar-refractivity contribution in [2.75, 3.05) is 33.2 Å².